The van der Waals surface area contributed by atoms with E-state index in [4.69, 9.17) is 9.05 Å². The number of phosphoric ester groups is 1. The van der Waals surface area contributed by atoms with Gasteiger partial charge >= 0.3 is 0 Å². The molecule has 0 fully saturated rings. The fraction of sp³-hybridized carbons (Fsp3) is 0.862. The molecule has 0 rings (SSSR count). The monoisotopic (exact) mass is 1080 g/mol. The van der Waals surface area contributed by atoms with Gasteiger partial charge in [0.15, 0.2) is 0 Å². The number of hydrogen-bond donors (Lipinski definition) is 3. The third-order valence-electron chi connectivity index (χ3n) is 14.6. The van der Waals surface area contributed by atoms with Gasteiger partial charge in [0.2, 0.25) is 5.91 Å². The SMILES string of the molecule is CCCCCCC/C=C\C/C=C\C/C=C\CCCCCCCCCCCCCCCCCCCCCCCCCCC(=O)NC(COP(=O)([O-])OCC[N+](C)(C)C)C(O)C(O)CCC/C=C/CCCCCCCCC. The number of nitrogens with one attached hydrogen (secondary N) is 1. The molecule has 3 N–H and O–H groups in total. The fourth-order valence-electron chi connectivity index (χ4n) is 9.56. The lowest BCUT2D eigenvalue weighted by Gasteiger charge is -2.31. The molecule has 442 valence electrons. The van der Waals surface area contributed by atoms with Gasteiger partial charge in [0.05, 0.1) is 39.9 Å². The van der Waals surface area contributed by atoms with Crippen LogP contribution in [-0.2, 0) is 18.4 Å². The predicted molar refractivity (Wildman–Crippen MR) is 322 cm³/mol. The number of allylic oxidation sites excluding steroid dienone is 8. The van der Waals surface area contributed by atoms with Crippen LogP contribution in [0.25, 0.3) is 0 Å². The second-order valence-electron chi connectivity index (χ2n) is 23.2. The molecule has 9 nitrogen and oxygen atoms in total. The van der Waals surface area contributed by atoms with Crippen molar-refractivity contribution < 1.29 is 38.0 Å². The van der Waals surface area contributed by atoms with Crippen molar-refractivity contribution in [3.05, 3.63) is 48.6 Å². The molecular formula is C65H125N2O7P. The van der Waals surface area contributed by atoms with Crippen molar-refractivity contribution in [3.63, 3.8) is 0 Å². The molecule has 0 saturated carbocycles. The summed E-state index contributed by atoms with van der Waals surface area (Å²) in [4.78, 5) is 25.5. The Bertz CT molecular complexity index is 1380. The van der Waals surface area contributed by atoms with E-state index in [0.29, 0.717) is 30.3 Å². The minimum Gasteiger partial charge on any atom is -0.756 e. The number of likely N-dealkylation sites (N-methyl/N-ethyl adjacent to an activating group) is 1. The molecule has 0 aliphatic rings. The minimum absolute atomic E-state index is 0.0450. The number of quaternary nitrogens is 1. The number of aliphatic hydroxyl groups is 2. The average molecular weight is 1080 g/mol. The Morgan fingerprint density at radius 1 is 0.480 bits per heavy atom. The molecule has 1 amide bonds. The molecule has 0 heterocycles. The van der Waals surface area contributed by atoms with Crippen molar-refractivity contribution in [2.75, 3.05) is 40.9 Å². The molecule has 10 heteroatoms. The van der Waals surface area contributed by atoms with Gasteiger partial charge in [-0.05, 0) is 77.0 Å². The third-order valence-corrected chi connectivity index (χ3v) is 15.6. The highest BCUT2D eigenvalue weighted by molar-refractivity contribution is 7.45. The summed E-state index contributed by atoms with van der Waals surface area (Å²) in [6.45, 7) is 4.42. The van der Waals surface area contributed by atoms with Crippen LogP contribution in [0.2, 0.25) is 0 Å². The first-order chi connectivity index (χ1) is 36.4. The molecule has 0 saturated heterocycles. The van der Waals surface area contributed by atoms with Gasteiger partial charge < -0.3 is 34.0 Å². The van der Waals surface area contributed by atoms with E-state index in [2.05, 4.69) is 67.8 Å². The van der Waals surface area contributed by atoms with Crippen LogP contribution < -0.4 is 10.2 Å². The quantitative estimate of drug-likeness (QED) is 0.0239. The van der Waals surface area contributed by atoms with Crippen molar-refractivity contribution >= 4 is 13.7 Å². The lowest BCUT2D eigenvalue weighted by Crippen LogP contribution is -2.51. The van der Waals surface area contributed by atoms with E-state index < -0.39 is 32.7 Å². The van der Waals surface area contributed by atoms with E-state index in [1.54, 1.807) is 0 Å². The largest absolute Gasteiger partial charge is 0.756 e. The highest BCUT2D eigenvalue weighted by atomic mass is 31.2. The van der Waals surface area contributed by atoms with Gasteiger partial charge in [0.1, 0.15) is 19.3 Å². The Morgan fingerprint density at radius 2 is 0.800 bits per heavy atom. The summed E-state index contributed by atoms with van der Waals surface area (Å²) in [5.41, 5.74) is 0. The number of unbranched alkanes of at least 4 members (excludes halogenated alkanes) is 37. The third kappa shape index (κ3) is 56.9. The summed E-state index contributed by atoms with van der Waals surface area (Å²) in [5, 5.41) is 24.7. The normalized spacial score (nSPS) is 14.5. The van der Waals surface area contributed by atoms with Crippen molar-refractivity contribution in [3.8, 4) is 0 Å². The maximum atomic E-state index is 13.0. The number of aliphatic hydroxyl groups excluding tert-OH is 2. The number of phosphoric acid groups is 1. The number of carbonyl (C=O) groups is 1. The van der Waals surface area contributed by atoms with Gasteiger partial charge in [-0.1, -0.05) is 268 Å². The summed E-state index contributed by atoms with van der Waals surface area (Å²) in [6, 6.07) is -1.09. The highest BCUT2D eigenvalue weighted by Gasteiger charge is 2.29. The maximum Gasteiger partial charge on any atom is 0.268 e. The summed E-state index contributed by atoms with van der Waals surface area (Å²) >= 11 is 0. The fourth-order valence-corrected chi connectivity index (χ4v) is 10.3. The van der Waals surface area contributed by atoms with E-state index >= 15 is 0 Å². The van der Waals surface area contributed by atoms with Crippen LogP contribution in [-0.4, -0.2) is 79.8 Å². The zero-order valence-corrected chi connectivity index (χ0v) is 51.0. The van der Waals surface area contributed by atoms with E-state index in [9.17, 15) is 24.5 Å². The van der Waals surface area contributed by atoms with E-state index in [0.717, 1.165) is 38.5 Å². The highest BCUT2D eigenvalue weighted by Crippen LogP contribution is 2.38. The first kappa shape index (κ1) is 73.4. The molecule has 75 heavy (non-hydrogen) atoms. The number of carbonyl (C=O) groups excluding carboxylic acids is 1. The van der Waals surface area contributed by atoms with Crippen LogP contribution in [0.4, 0.5) is 0 Å². The standard InChI is InChI=1S/C65H125N2O7P/c1-6-8-10-12-14-16-18-20-21-22-23-24-25-26-27-28-29-30-31-32-33-34-35-36-37-38-39-40-41-42-43-44-45-46-48-50-52-54-56-58-64(69)66-62(61-74-75(71,72)73-60-59-67(3,4)5)65(70)63(68)57-55-53-51-49-47-19-17-15-13-11-9-7-2/h18,20,22-23,25-26,49,51,62-63,65,68,70H,6-17,19,21,24,27-48,50,52-61H2,1-5H3,(H-,66,69,71,72)/b20-18-,23-22-,26-25-,51-49+. The van der Waals surface area contributed by atoms with E-state index in [-0.39, 0.29) is 18.9 Å². The van der Waals surface area contributed by atoms with Crippen molar-refractivity contribution in [2.24, 2.45) is 0 Å². The molecule has 0 spiro atoms. The first-order valence-electron chi connectivity index (χ1n) is 32.1. The van der Waals surface area contributed by atoms with Gasteiger partial charge in [-0.3, -0.25) is 9.36 Å². The Morgan fingerprint density at radius 3 is 1.17 bits per heavy atom. The molecule has 0 aromatic heterocycles. The van der Waals surface area contributed by atoms with Gasteiger partial charge in [-0.2, -0.15) is 0 Å². The Balaban J connectivity index is 3.94. The summed E-state index contributed by atoms with van der Waals surface area (Å²) < 4.78 is 23.3. The first-order valence-corrected chi connectivity index (χ1v) is 33.5. The molecule has 0 bridgehead atoms. The van der Waals surface area contributed by atoms with Crippen LogP contribution in [0.3, 0.4) is 0 Å². The molecule has 4 unspecified atom stereocenters. The average Bonchev–Trinajstić information content (AvgIpc) is 3.37. The van der Waals surface area contributed by atoms with Crippen LogP contribution in [0.1, 0.15) is 303 Å². The Kier molecular flexibility index (Phi) is 54.5. The van der Waals surface area contributed by atoms with Crippen molar-refractivity contribution in [2.45, 2.75) is 321 Å². The maximum absolute atomic E-state index is 13.0. The van der Waals surface area contributed by atoms with E-state index in [1.165, 1.54) is 225 Å². The van der Waals surface area contributed by atoms with Crippen LogP contribution in [0.15, 0.2) is 48.6 Å². The molecular weight excluding hydrogens is 952 g/mol. The summed E-state index contributed by atoms with van der Waals surface area (Å²) in [5.74, 6) is -0.284. The number of amides is 1. The summed E-state index contributed by atoms with van der Waals surface area (Å²) in [6.07, 6.45) is 70.8. The molecule has 0 aliphatic heterocycles. The predicted octanol–water partition coefficient (Wildman–Crippen LogP) is 18.2. The minimum atomic E-state index is -4.68. The molecule has 4 atom stereocenters. The second-order valence-corrected chi connectivity index (χ2v) is 24.7. The van der Waals surface area contributed by atoms with Gasteiger partial charge in [-0.25, -0.2) is 0 Å². The zero-order valence-electron chi connectivity index (χ0n) is 50.1. The van der Waals surface area contributed by atoms with Gasteiger partial charge in [0, 0.05) is 6.42 Å². The van der Waals surface area contributed by atoms with Crippen molar-refractivity contribution in [1.29, 1.82) is 0 Å². The molecule has 0 radical (unpaired) electrons. The molecule has 0 aromatic rings. The smallest absolute Gasteiger partial charge is 0.268 e. The van der Waals surface area contributed by atoms with Crippen LogP contribution in [0, 0.1) is 0 Å². The number of rotatable bonds is 59. The molecule has 0 aromatic carbocycles. The van der Waals surface area contributed by atoms with Gasteiger partial charge in [-0.15, -0.1) is 0 Å². The Labute approximate surface area is 465 Å². The molecule has 0 aliphatic carbocycles. The van der Waals surface area contributed by atoms with E-state index in [1.807, 2.05) is 21.1 Å². The lowest BCUT2D eigenvalue weighted by atomic mass is 10.0. The van der Waals surface area contributed by atoms with Crippen LogP contribution >= 0.6 is 7.82 Å². The topological polar surface area (TPSA) is 128 Å². The number of nitrogens with zero attached hydrogens (tertiary/aromatic N) is 1. The Hall–Kier alpha value is -1.58. The zero-order chi connectivity index (χ0) is 55.0. The van der Waals surface area contributed by atoms with Crippen molar-refractivity contribution in [1.82, 2.24) is 5.32 Å². The van der Waals surface area contributed by atoms with Crippen LogP contribution in [0.5, 0.6) is 0 Å². The second kappa shape index (κ2) is 55.7. The van der Waals surface area contributed by atoms with Gasteiger partial charge in [0.25, 0.3) is 7.82 Å². The lowest BCUT2D eigenvalue weighted by molar-refractivity contribution is -0.870. The summed E-state index contributed by atoms with van der Waals surface area (Å²) in [7, 11) is 1.12. The number of hydrogen-bond acceptors (Lipinski definition) is 7.